The minimum Gasteiger partial charge on any atom is -0.471 e. The van der Waals surface area contributed by atoms with Gasteiger partial charge in [0, 0.05) is 0 Å². The van der Waals surface area contributed by atoms with Crippen LogP contribution in [0, 0.1) is 25.2 Å². The summed E-state index contributed by atoms with van der Waals surface area (Å²) < 4.78 is 7.39. The zero-order valence-electron chi connectivity index (χ0n) is 13.6. The smallest absolute Gasteiger partial charge is 0.253 e. The Kier molecular flexibility index (Phi) is 4.71. The average molecular weight is 298 g/mol. The van der Waals surface area contributed by atoms with Crippen molar-refractivity contribution >= 4 is 5.82 Å². The summed E-state index contributed by atoms with van der Waals surface area (Å²) in [6.07, 6.45) is 0.882. The first-order valence-corrected chi connectivity index (χ1v) is 7.44. The molecule has 0 amide bonds. The monoisotopic (exact) mass is 298 g/mol. The van der Waals surface area contributed by atoms with Crippen LogP contribution in [0.3, 0.4) is 0 Å². The van der Waals surface area contributed by atoms with Crippen LogP contribution in [0.15, 0.2) is 18.2 Å². The Labute approximate surface area is 131 Å². The Bertz CT molecular complexity index is 712. The fourth-order valence-electron chi connectivity index (χ4n) is 2.19. The number of hydrogen-bond acceptors (Lipinski definition) is 4. The number of benzene rings is 1. The molecule has 5 nitrogen and oxygen atoms in total. The summed E-state index contributed by atoms with van der Waals surface area (Å²) >= 11 is 0. The number of aromatic nitrogens is 2. The molecule has 1 aromatic heterocycles. The molecule has 2 aromatic rings. The van der Waals surface area contributed by atoms with Gasteiger partial charge in [-0.05, 0) is 43.9 Å². The van der Waals surface area contributed by atoms with Crippen molar-refractivity contribution < 1.29 is 4.74 Å². The average Bonchev–Trinajstić information content (AvgIpc) is 2.83. The molecular formula is C17H22N4O. The van der Waals surface area contributed by atoms with Crippen LogP contribution in [0.5, 0.6) is 5.88 Å². The SMILES string of the molecule is CC[C@H](C)n1nc(OCc2ccc(C)c(C)c2)c(C#N)c1N. The second-order valence-electron chi connectivity index (χ2n) is 5.59. The number of nitrogen functional groups attached to an aromatic ring is 1. The number of aryl methyl sites for hydroxylation is 2. The normalized spacial score (nSPS) is 12.0. The first-order chi connectivity index (χ1) is 10.5. The number of hydrogen-bond donors (Lipinski definition) is 1. The first-order valence-electron chi connectivity index (χ1n) is 7.44. The number of rotatable bonds is 5. The largest absolute Gasteiger partial charge is 0.471 e. The minimum atomic E-state index is 0.131. The molecule has 2 N–H and O–H groups in total. The molecule has 1 atom stereocenters. The molecule has 5 heteroatoms. The lowest BCUT2D eigenvalue weighted by atomic mass is 10.1. The second kappa shape index (κ2) is 6.52. The van der Waals surface area contributed by atoms with E-state index < -0.39 is 0 Å². The van der Waals surface area contributed by atoms with Crippen molar-refractivity contribution in [1.29, 1.82) is 5.26 Å². The molecule has 1 heterocycles. The summed E-state index contributed by atoms with van der Waals surface area (Å²) in [6, 6.07) is 8.38. The fraction of sp³-hybridized carbons (Fsp3) is 0.412. The summed E-state index contributed by atoms with van der Waals surface area (Å²) in [6.45, 7) is 8.56. The van der Waals surface area contributed by atoms with Crippen molar-refractivity contribution in [3.05, 3.63) is 40.5 Å². The fourth-order valence-corrected chi connectivity index (χ4v) is 2.19. The van der Waals surface area contributed by atoms with Crippen LogP contribution >= 0.6 is 0 Å². The second-order valence-corrected chi connectivity index (χ2v) is 5.59. The van der Waals surface area contributed by atoms with Crippen LogP contribution < -0.4 is 10.5 Å². The summed E-state index contributed by atoms with van der Waals surface area (Å²) in [5.74, 6) is 0.672. The predicted molar refractivity (Wildman–Crippen MR) is 86.6 cm³/mol. The van der Waals surface area contributed by atoms with E-state index >= 15 is 0 Å². The Balaban J connectivity index is 2.22. The zero-order valence-corrected chi connectivity index (χ0v) is 13.6. The highest BCUT2D eigenvalue weighted by molar-refractivity contribution is 5.55. The molecule has 0 fully saturated rings. The molecule has 0 saturated carbocycles. The van der Waals surface area contributed by atoms with Crippen LogP contribution in [-0.2, 0) is 6.61 Å². The van der Waals surface area contributed by atoms with E-state index in [1.807, 2.05) is 19.9 Å². The van der Waals surface area contributed by atoms with E-state index in [1.165, 1.54) is 11.1 Å². The van der Waals surface area contributed by atoms with Crippen molar-refractivity contribution in [3.63, 3.8) is 0 Å². The van der Waals surface area contributed by atoms with E-state index in [9.17, 15) is 5.26 Å². The lowest BCUT2D eigenvalue weighted by molar-refractivity contribution is 0.286. The third-order valence-electron chi connectivity index (χ3n) is 3.98. The molecule has 0 aliphatic rings. The van der Waals surface area contributed by atoms with Gasteiger partial charge in [0.25, 0.3) is 5.88 Å². The van der Waals surface area contributed by atoms with Crippen molar-refractivity contribution in [2.24, 2.45) is 0 Å². The van der Waals surface area contributed by atoms with Crippen LogP contribution in [0.1, 0.15) is 48.6 Å². The molecule has 0 bridgehead atoms. The highest BCUT2D eigenvalue weighted by Crippen LogP contribution is 2.27. The van der Waals surface area contributed by atoms with Crippen LogP contribution in [0.25, 0.3) is 0 Å². The Morgan fingerprint density at radius 1 is 1.36 bits per heavy atom. The van der Waals surface area contributed by atoms with Crippen molar-refractivity contribution in [1.82, 2.24) is 9.78 Å². The molecule has 0 unspecified atom stereocenters. The molecule has 1 aromatic carbocycles. The van der Waals surface area contributed by atoms with Crippen molar-refractivity contribution in [2.45, 2.75) is 46.8 Å². The molecule has 0 aliphatic heterocycles. The summed E-state index contributed by atoms with van der Waals surface area (Å²) in [7, 11) is 0. The molecule has 0 saturated heterocycles. The van der Waals surface area contributed by atoms with E-state index in [0.29, 0.717) is 23.9 Å². The molecule has 0 radical (unpaired) electrons. The van der Waals surface area contributed by atoms with Crippen LogP contribution in [0.4, 0.5) is 5.82 Å². The van der Waals surface area contributed by atoms with E-state index in [2.05, 4.69) is 37.1 Å². The quantitative estimate of drug-likeness (QED) is 0.916. The van der Waals surface area contributed by atoms with E-state index in [1.54, 1.807) is 4.68 Å². The molecule has 22 heavy (non-hydrogen) atoms. The Morgan fingerprint density at radius 3 is 2.68 bits per heavy atom. The molecule has 0 spiro atoms. The summed E-state index contributed by atoms with van der Waals surface area (Å²) in [4.78, 5) is 0. The van der Waals surface area contributed by atoms with Gasteiger partial charge in [0.1, 0.15) is 18.5 Å². The summed E-state index contributed by atoms with van der Waals surface area (Å²) in [5, 5.41) is 13.6. The number of ether oxygens (including phenoxy) is 1. The van der Waals surface area contributed by atoms with Gasteiger partial charge in [-0.3, -0.25) is 0 Å². The van der Waals surface area contributed by atoms with Gasteiger partial charge in [-0.2, -0.15) is 5.26 Å². The highest BCUT2D eigenvalue weighted by atomic mass is 16.5. The van der Waals surface area contributed by atoms with E-state index in [-0.39, 0.29) is 6.04 Å². The third kappa shape index (κ3) is 3.06. The first kappa shape index (κ1) is 15.9. The van der Waals surface area contributed by atoms with Crippen molar-refractivity contribution in [3.8, 4) is 11.9 Å². The lowest BCUT2D eigenvalue weighted by Gasteiger charge is -2.10. The maximum absolute atomic E-state index is 9.28. The third-order valence-corrected chi connectivity index (χ3v) is 3.98. The minimum absolute atomic E-state index is 0.131. The van der Waals surface area contributed by atoms with Gasteiger partial charge in [0.2, 0.25) is 0 Å². The molecule has 116 valence electrons. The lowest BCUT2D eigenvalue weighted by Crippen LogP contribution is -2.09. The Hall–Kier alpha value is -2.48. The van der Waals surface area contributed by atoms with Gasteiger partial charge in [-0.1, -0.05) is 25.1 Å². The number of anilines is 1. The van der Waals surface area contributed by atoms with E-state index in [0.717, 1.165) is 12.0 Å². The van der Waals surface area contributed by atoms with Gasteiger partial charge in [0.05, 0.1) is 6.04 Å². The standard InChI is InChI=1S/C17H22N4O/c1-5-13(4)21-16(19)15(9-18)17(20-21)22-10-14-7-6-11(2)12(3)8-14/h6-8,13H,5,10,19H2,1-4H3/t13-/m0/s1. The maximum atomic E-state index is 9.28. The number of nitrogens with two attached hydrogens (primary N) is 1. The molecular weight excluding hydrogens is 276 g/mol. The van der Waals surface area contributed by atoms with Crippen molar-refractivity contribution in [2.75, 3.05) is 5.73 Å². The van der Waals surface area contributed by atoms with Gasteiger partial charge in [-0.25, -0.2) is 4.68 Å². The number of nitriles is 1. The predicted octanol–water partition coefficient (Wildman–Crippen LogP) is 3.50. The maximum Gasteiger partial charge on any atom is 0.253 e. The van der Waals surface area contributed by atoms with Gasteiger partial charge < -0.3 is 10.5 Å². The Morgan fingerprint density at radius 2 is 2.09 bits per heavy atom. The van der Waals surface area contributed by atoms with Crippen LogP contribution in [0.2, 0.25) is 0 Å². The zero-order chi connectivity index (χ0) is 16.3. The molecule has 2 rings (SSSR count). The van der Waals surface area contributed by atoms with Crippen LogP contribution in [-0.4, -0.2) is 9.78 Å². The van der Waals surface area contributed by atoms with Gasteiger partial charge in [-0.15, -0.1) is 5.10 Å². The van der Waals surface area contributed by atoms with Gasteiger partial charge >= 0.3 is 0 Å². The number of nitrogens with zero attached hydrogens (tertiary/aromatic N) is 3. The van der Waals surface area contributed by atoms with E-state index in [4.69, 9.17) is 10.5 Å². The highest BCUT2D eigenvalue weighted by Gasteiger charge is 2.19. The van der Waals surface area contributed by atoms with Gasteiger partial charge in [0.15, 0.2) is 5.56 Å². The summed E-state index contributed by atoms with van der Waals surface area (Å²) in [5.41, 5.74) is 9.81. The molecule has 0 aliphatic carbocycles. The topological polar surface area (TPSA) is 76.9 Å².